The fourth-order valence-corrected chi connectivity index (χ4v) is 16.5. The van der Waals surface area contributed by atoms with Gasteiger partial charge in [0.15, 0.2) is 25.2 Å². The third kappa shape index (κ3) is 9.57. The summed E-state index contributed by atoms with van der Waals surface area (Å²) in [4.78, 5) is 0. The van der Waals surface area contributed by atoms with E-state index >= 15 is 0 Å². The second-order valence-corrected chi connectivity index (χ2v) is 24.7. The minimum atomic E-state index is -1.88. The molecule has 24 nitrogen and oxygen atoms in total. The molecule has 6 heterocycles. The average molecular weight is 1100 g/mol. The molecule has 0 radical (unpaired) electrons. The maximum absolute atomic E-state index is 12.3. The number of fused-ring (bicyclic) bond motifs is 7. The standard InChI is InChI=1S/C52H86O24/c1-6-24-31-27(76-52(24)45(66)42(19(2)18-67-52)73-47-40(64)37(61)33(57)28(15-53)70-47)14-26-23-8-7-21-13-22(9-11-50(21,4)25(23)10-12-51(26,31)5)69-49-44(75-46-39(63)36(60)32(56)20(3)68-46)43(35(59)30(17-55)72-49)74-48-41(65)38(62)34(58)29(16-54)71-48/h19-49,53-66H,6-18H2,1-5H3/t19-,20+,21-,22+,23-,24+,25+,26+,27+,28-,29-,30-,31+,32+,33+,34-,35-,36-,37-,38+,39-,40-,41-,42+,43+,44-,45+,46+,47+,48+,49-,50+,51+,52-/m1/s1. The van der Waals surface area contributed by atoms with Gasteiger partial charge in [0.25, 0.3) is 0 Å². The largest absolute Gasteiger partial charge is 0.394 e. The van der Waals surface area contributed by atoms with Crippen molar-refractivity contribution in [2.45, 2.75) is 245 Å². The molecule has 10 aliphatic rings. The fourth-order valence-electron chi connectivity index (χ4n) is 16.5. The van der Waals surface area contributed by atoms with Crippen molar-refractivity contribution in [3.05, 3.63) is 0 Å². The quantitative estimate of drug-likeness (QED) is 0.0842. The van der Waals surface area contributed by atoms with Gasteiger partial charge >= 0.3 is 0 Å². The van der Waals surface area contributed by atoms with E-state index in [-0.39, 0.29) is 47.2 Å². The fraction of sp³-hybridized carbons (Fsp3) is 1.00. The smallest absolute Gasteiger partial charge is 0.200 e. The van der Waals surface area contributed by atoms with E-state index in [1.54, 1.807) is 0 Å². The van der Waals surface area contributed by atoms with Gasteiger partial charge in [-0.2, -0.15) is 0 Å². The molecule has 6 saturated heterocycles. The van der Waals surface area contributed by atoms with Crippen molar-refractivity contribution in [1.82, 2.24) is 0 Å². The molecule has 4 aliphatic carbocycles. The molecule has 438 valence electrons. The molecule has 0 aromatic carbocycles. The van der Waals surface area contributed by atoms with Crippen LogP contribution in [0.15, 0.2) is 0 Å². The van der Waals surface area contributed by atoms with Crippen LogP contribution in [0.2, 0.25) is 0 Å². The van der Waals surface area contributed by atoms with Crippen LogP contribution >= 0.6 is 0 Å². The molecule has 0 amide bonds. The van der Waals surface area contributed by atoms with Crippen molar-refractivity contribution in [2.24, 2.45) is 52.3 Å². The molecule has 34 atom stereocenters. The highest BCUT2D eigenvalue weighted by atomic mass is 16.8. The lowest BCUT2D eigenvalue weighted by Crippen LogP contribution is -2.67. The van der Waals surface area contributed by atoms with Gasteiger partial charge in [0.05, 0.1) is 50.8 Å². The van der Waals surface area contributed by atoms with E-state index in [0.717, 1.165) is 38.5 Å². The van der Waals surface area contributed by atoms with Crippen molar-refractivity contribution in [3.63, 3.8) is 0 Å². The highest BCUT2D eigenvalue weighted by molar-refractivity contribution is 5.18. The van der Waals surface area contributed by atoms with Crippen molar-refractivity contribution < 1.29 is 119 Å². The Morgan fingerprint density at radius 1 is 0.513 bits per heavy atom. The van der Waals surface area contributed by atoms with Gasteiger partial charge < -0.3 is 119 Å². The Labute approximate surface area is 442 Å². The van der Waals surface area contributed by atoms with Crippen LogP contribution in [0.25, 0.3) is 0 Å². The molecule has 6 aliphatic heterocycles. The van der Waals surface area contributed by atoms with Crippen molar-refractivity contribution in [1.29, 1.82) is 0 Å². The highest BCUT2D eigenvalue weighted by Crippen LogP contribution is 2.72. The summed E-state index contributed by atoms with van der Waals surface area (Å²) in [6.45, 7) is 8.28. The molecule has 0 aromatic heterocycles. The van der Waals surface area contributed by atoms with E-state index in [0.29, 0.717) is 37.0 Å². The molecule has 24 heteroatoms. The maximum Gasteiger partial charge on any atom is 0.200 e. The monoisotopic (exact) mass is 1090 g/mol. The van der Waals surface area contributed by atoms with Gasteiger partial charge in [-0.15, -0.1) is 0 Å². The van der Waals surface area contributed by atoms with E-state index in [4.69, 9.17) is 47.4 Å². The van der Waals surface area contributed by atoms with Crippen LogP contribution in [-0.4, -0.2) is 251 Å². The molecule has 4 saturated carbocycles. The third-order valence-corrected chi connectivity index (χ3v) is 20.8. The zero-order chi connectivity index (χ0) is 54.7. The van der Waals surface area contributed by atoms with Crippen molar-refractivity contribution in [3.8, 4) is 0 Å². The maximum atomic E-state index is 12.3. The van der Waals surface area contributed by atoms with E-state index in [1.807, 2.05) is 6.92 Å². The number of rotatable bonds is 12. The number of hydrogen-bond donors (Lipinski definition) is 14. The Hall–Kier alpha value is -0.960. The molecular formula is C52H86O24. The summed E-state index contributed by atoms with van der Waals surface area (Å²) in [7, 11) is 0. The number of hydrogen-bond acceptors (Lipinski definition) is 24. The molecule has 10 rings (SSSR count). The van der Waals surface area contributed by atoms with E-state index in [9.17, 15) is 71.5 Å². The minimum Gasteiger partial charge on any atom is -0.394 e. The van der Waals surface area contributed by atoms with Crippen molar-refractivity contribution in [2.75, 3.05) is 26.4 Å². The lowest BCUT2D eigenvalue weighted by atomic mass is 9.44. The lowest BCUT2D eigenvalue weighted by molar-refractivity contribution is -0.395. The van der Waals surface area contributed by atoms with Crippen LogP contribution < -0.4 is 0 Å². The van der Waals surface area contributed by atoms with Crippen LogP contribution in [0.1, 0.15) is 92.4 Å². The SMILES string of the molecule is CC[C@H]1[C@H]2[C@H](C[C@H]3[C@@H]4CC[C@@H]5C[C@@H](O[C@@H]6O[C@H](CO)[C@@H](O)[C@H](O[C@@H]7O[C@H](CO)[C@@H](O)[C@H](O)[C@H]7O)[C@H]6O[C@@H]6O[C@@H](C)[C@H](O)[C@@H](O)[C@H]6O)CC[C@]5(C)[C@H]4CC[C@]23C)O[C@]12OC[C@@H](C)[C@H](O[C@@H]1O[C@H](CO)[C@H](O)[C@@H](O)[C@H]1O)[C@@H]2O. The summed E-state index contributed by atoms with van der Waals surface area (Å²) in [5, 5.41) is 150. The van der Waals surface area contributed by atoms with Gasteiger partial charge in [-0.05, 0) is 105 Å². The van der Waals surface area contributed by atoms with Gasteiger partial charge in [0.2, 0.25) is 5.79 Å². The molecule has 0 unspecified atom stereocenters. The molecule has 10 fully saturated rings. The van der Waals surface area contributed by atoms with E-state index < -0.39 is 167 Å². The number of aliphatic hydroxyl groups is 14. The number of ether oxygens (including phenoxy) is 10. The third-order valence-electron chi connectivity index (χ3n) is 20.8. The first kappa shape index (κ1) is 58.2. The Morgan fingerprint density at radius 3 is 1.66 bits per heavy atom. The van der Waals surface area contributed by atoms with Crippen molar-refractivity contribution >= 4 is 0 Å². The topological polar surface area (TPSA) is 376 Å². The molecular weight excluding hydrogens is 1010 g/mol. The Bertz CT molecular complexity index is 1960. The molecule has 14 N–H and O–H groups in total. The summed E-state index contributed by atoms with van der Waals surface area (Å²) in [5.41, 5.74) is -0.215. The first-order valence-electron chi connectivity index (χ1n) is 27.9. The minimum absolute atomic E-state index is 0.0613. The summed E-state index contributed by atoms with van der Waals surface area (Å²) in [5.74, 6) is -0.585. The second-order valence-electron chi connectivity index (χ2n) is 24.7. The van der Waals surface area contributed by atoms with Gasteiger partial charge in [0, 0.05) is 11.8 Å². The van der Waals surface area contributed by atoms with Crippen LogP contribution in [0.3, 0.4) is 0 Å². The molecule has 76 heavy (non-hydrogen) atoms. The Morgan fingerprint density at radius 2 is 1.05 bits per heavy atom. The van der Waals surface area contributed by atoms with Gasteiger partial charge in [-0.25, -0.2) is 0 Å². The Balaban J connectivity index is 0.840. The average Bonchev–Trinajstić information content (AvgIpc) is 4.13. The molecule has 0 aromatic rings. The summed E-state index contributed by atoms with van der Waals surface area (Å²) >= 11 is 0. The zero-order valence-corrected chi connectivity index (χ0v) is 43.9. The van der Waals surface area contributed by atoms with Crippen LogP contribution in [-0.2, 0) is 47.4 Å². The van der Waals surface area contributed by atoms with Gasteiger partial charge in [-0.3, -0.25) is 0 Å². The zero-order valence-electron chi connectivity index (χ0n) is 43.9. The predicted molar refractivity (Wildman–Crippen MR) is 254 cm³/mol. The number of aliphatic hydroxyl groups excluding tert-OH is 14. The van der Waals surface area contributed by atoms with E-state index in [2.05, 4.69) is 20.8 Å². The van der Waals surface area contributed by atoms with E-state index in [1.165, 1.54) is 6.92 Å². The highest BCUT2D eigenvalue weighted by Gasteiger charge is 2.73. The first-order chi connectivity index (χ1) is 36.1. The van der Waals surface area contributed by atoms with Gasteiger partial charge in [0.1, 0.15) is 97.7 Å². The summed E-state index contributed by atoms with van der Waals surface area (Å²) in [6, 6.07) is 0. The molecule has 0 bridgehead atoms. The normalized spacial score (nSPS) is 58.4. The molecule has 1 spiro atoms. The van der Waals surface area contributed by atoms with Crippen LogP contribution in [0.5, 0.6) is 0 Å². The predicted octanol–water partition coefficient (Wildman–Crippen LogP) is -3.55. The van der Waals surface area contributed by atoms with Gasteiger partial charge in [-0.1, -0.05) is 27.7 Å². The summed E-state index contributed by atoms with van der Waals surface area (Å²) < 4.78 is 62.6. The second kappa shape index (κ2) is 22.3. The van der Waals surface area contributed by atoms with Crippen LogP contribution in [0, 0.1) is 52.3 Å². The Kier molecular flexibility index (Phi) is 17.1. The summed E-state index contributed by atoms with van der Waals surface area (Å²) in [6.07, 6.45) is -26.9. The first-order valence-corrected chi connectivity index (χ1v) is 27.9. The van der Waals surface area contributed by atoms with Crippen LogP contribution in [0.4, 0.5) is 0 Å². The lowest BCUT2D eigenvalue weighted by Gasteiger charge is -2.61.